The summed E-state index contributed by atoms with van der Waals surface area (Å²) in [5, 5.41) is 5.53. The highest BCUT2D eigenvalue weighted by molar-refractivity contribution is 7.14. The van der Waals surface area contributed by atoms with E-state index in [0.717, 1.165) is 21.7 Å². The summed E-state index contributed by atoms with van der Waals surface area (Å²) in [6.07, 6.45) is 1.10. The molecule has 1 fully saturated rings. The number of Topliss-reactive ketones (excluding diaryl/α,β-unsaturated/α-hetero) is 1. The number of likely N-dealkylation sites (tertiary alicyclic amines) is 1. The zero-order valence-corrected chi connectivity index (χ0v) is 23.2. The van der Waals surface area contributed by atoms with Gasteiger partial charge in [-0.05, 0) is 66.0 Å². The zero-order chi connectivity index (χ0) is 26.8. The Bertz CT molecular complexity index is 1090. The molecule has 1 N–H and O–H groups in total. The molecule has 0 radical (unpaired) electrons. The zero-order valence-electron chi connectivity index (χ0n) is 22.4. The smallest absolute Gasteiger partial charge is 0.410 e. The van der Waals surface area contributed by atoms with E-state index in [1.165, 1.54) is 16.2 Å². The van der Waals surface area contributed by atoms with Gasteiger partial charge in [-0.2, -0.15) is 0 Å². The van der Waals surface area contributed by atoms with Crippen molar-refractivity contribution in [3.63, 3.8) is 0 Å². The van der Waals surface area contributed by atoms with Gasteiger partial charge in [-0.1, -0.05) is 11.6 Å². The third-order valence-electron chi connectivity index (χ3n) is 6.56. The first kappa shape index (κ1) is 27.9. The maximum atomic E-state index is 15.3. The van der Waals surface area contributed by atoms with Gasteiger partial charge in [0.1, 0.15) is 11.8 Å². The number of anilines is 1. The molecule has 2 atom stereocenters. The van der Waals surface area contributed by atoms with Gasteiger partial charge in [-0.25, -0.2) is 9.18 Å². The average Bonchev–Trinajstić information content (AvgIpc) is 3.14. The van der Waals surface area contributed by atoms with Crippen molar-refractivity contribution < 1.29 is 23.5 Å². The highest BCUT2D eigenvalue weighted by Crippen LogP contribution is 2.35. The van der Waals surface area contributed by atoms with E-state index in [4.69, 9.17) is 4.74 Å². The van der Waals surface area contributed by atoms with E-state index in [0.29, 0.717) is 37.1 Å². The molecule has 198 valence electrons. The topological polar surface area (TPSA) is 79.0 Å². The number of hydrogen-bond acceptors (Lipinski definition) is 6. The Hall–Kier alpha value is -2.68. The third kappa shape index (κ3) is 6.35. The summed E-state index contributed by atoms with van der Waals surface area (Å²) in [4.78, 5) is 41.2. The van der Waals surface area contributed by atoms with E-state index in [-0.39, 0.29) is 24.8 Å². The molecule has 9 heteroatoms. The lowest BCUT2D eigenvalue weighted by Crippen LogP contribution is -2.54. The molecule has 1 aliphatic carbocycles. The molecule has 1 saturated heterocycles. The fraction of sp³-hybridized carbons (Fsp3) is 0.593. The van der Waals surface area contributed by atoms with Crippen LogP contribution in [-0.4, -0.2) is 66.7 Å². The Balaban J connectivity index is 1.68. The van der Waals surface area contributed by atoms with E-state index < -0.39 is 23.9 Å². The van der Waals surface area contributed by atoms with Crippen LogP contribution in [0.4, 0.5) is 14.2 Å². The van der Waals surface area contributed by atoms with Crippen molar-refractivity contribution in [1.29, 1.82) is 0 Å². The predicted molar refractivity (Wildman–Crippen MR) is 142 cm³/mol. The second-order valence-corrected chi connectivity index (χ2v) is 11.5. The van der Waals surface area contributed by atoms with E-state index in [1.807, 2.05) is 38.7 Å². The fourth-order valence-electron chi connectivity index (χ4n) is 4.77. The number of ether oxygens (including phenoxy) is 1. The minimum atomic E-state index is -1.24. The molecule has 1 aromatic heterocycles. The molecular weight excluding hydrogens is 481 g/mol. The molecule has 0 bridgehead atoms. The van der Waals surface area contributed by atoms with Crippen LogP contribution >= 0.6 is 11.3 Å². The van der Waals surface area contributed by atoms with Crippen LogP contribution in [0.15, 0.2) is 28.2 Å². The molecule has 2 aliphatic rings. The largest absolute Gasteiger partial charge is 0.444 e. The summed E-state index contributed by atoms with van der Waals surface area (Å²) >= 11 is 1.42. The Morgan fingerprint density at radius 3 is 2.56 bits per heavy atom. The van der Waals surface area contributed by atoms with Crippen LogP contribution < -0.4 is 10.2 Å². The Labute approximate surface area is 217 Å². The molecule has 1 aromatic rings. The van der Waals surface area contributed by atoms with Gasteiger partial charge in [0.05, 0.1) is 23.2 Å². The number of amides is 2. The highest BCUT2D eigenvalue weighted by Gasteiger charge is 2.37. The standard InChI is InChI=1S/C27H38FN3O4S/c1-8-31(22-9-10-30(14-21(22)28)26(34)35-27(5,6)7)25-18(4)20(15-36-25)24(33)29-13-19-17(3)11-16(2)12-23(19)32/h11,15,21-22H,8-10,12-14H2,1-7H3,(H,29,33). The number of nitrogens with one attached hydrogen (secondary N) is 1. The molecule has 7 nitrogen and oxygen atoms in total. The summed E-state index contributed by atoms with van der Waals surface area (Å²) in [5.74, 6) is -0.207. The molecule has 0 saturated carbocycles. The van der Waals surface area contributed by atoms with Crippen LogP contribution in [0, 0.1) is 6.92 Å². The van der Waals surface area contributed by atoms with Gasteiger partial charge in [-0.15, -0.1) is 11.3 Å². The van der Waals surface area contributed by atoms with Crippen LogP contribution in [0.25, 0.3) is 0 Å². The number of rotatable bonds is 6. The Kier molecular flexibility index (Phi) is 8.64. The van der Waals surface area contributed by atoms with Crippen molar-refractivity contribution in [2.75, 3.05) is 31.1 Å². The van der Waals surface area contributed by atoms with Crippen molar-refractivity contribution in [2.24, 2.45) is 0 Å². The fourth-order valence-corrected chi connectivity index (χ4v) is 5.97. The molecule has 2 unspecified atom stereocenters. The van der Waals surface area contributed by atoms with Gasteiger partial charge in [0.15, 0.2) is 5.78 Å². The molecule has 3 rings (SSSR count). The molecule has 2 heterocycles. The first-order valence-corrected chi connectivity index (χ1v) is 13.3. The Morgan fingerprint density at radius 1 is 1.28 bits per heavy atom. The molecule has 2 amide bonds. The highest BCUT2D eigenvalue weighted by atomic mass is 32.1. The quantitative estimate of drug-likeness (QED) is 0.559. The van der Waals surface area contributed by atoms with Gasteiger partial charge in [0.25, 0.3) is 5.91 Å². The number of nitrogens with zero attached hydrogens (tertiary/aromatic N) is 2. The number of allylic oxidation sites excluding steroid dienone is 3. The number of halogens is 1. The summed E-state index contributed by atoms with van der Waals surface area (Å²) in [6.45, 7) is 14.2. The first-order chi connectivity index (χ1) is 16.8. The van der Waals surface area contributed by atoms with Crippen molar-refractivity contribution in [3.8, 4) is 0 Å². The van der Waals surface area contributed by atoms with Crippen LogP contribution in [0.1, 0.15) is 70.3 Å². The van der Waals surface area contributed by atoms with Crippen molar-refractivity contribution in [3.05, 3.63) is 39.3 Å². The number of hydrogen-bond donors (Lipinski definition) is 1. The molecule has 1 aliphatic heterocycles. The van der Waals surface area contributed by atoms with Crippen molar-refractivity contribution in [2.45, 2.75) is 79.1 Å². The maximum Gasteiger partial charge on any atom is 0.410 e. The van der Waals surface area contributed by atoms with E-state index in [2.05, 4.69) is 5.32 Å². The van der Waals surface area contributed by atoms with Crippen LogP contribution in [0.5, 0.6) is 0 Å². The normalized spacial score (nSPS) is 20.8. The maximum absolute atomic E-state index is 15.3. The third-order valence-corrected chi connectivity index (χ3v) is 7.68. The molecule has 0 aromatic carbocycles. The number of thiophene rings is 1. The van der Waals surface area contributed by atoms with Crippen LogP contribution in [0.3, 0.4) is 0 Å². The van der Waals surface area contributed by atoms with Crippen LogP contribution in [0.2, 0.25) is 0 Å². The summed E-state index contributed by atoms with van der Waals surface area (Å²) in [5.41, 5.74) is 3.23. The molecule has 0 spiro atoms. The summed E-state index contributed by atoms with van der Waals surface area (Å²) in [7, 11) is 0. The Morgan fingerprint density at radius 2 is 1.97 bits per heavy atom. The minimum Gasteiger partial charge on any atom is -0.444 e. The lowest BCUT2D eigenvalue weighted by Gasteiger charge is -2.41. The predicted octanol–water partition coefficient (Wildman–Crippen LogP) is 5.20. The van der Waals surface area contributed by atoms with E-state index in [1.54, 1.807) is 26.2 Å². The monoisotopic (exact) mass is 519 g/mol. The second kappa shape index (κ2) is 11.2. The van der Waals surface area contributed by atoms with Gasteiger partial charge >= 0.3 is 6.09 Å². The number of piperidine rings is 1. The summed E-state index contributed by atoms with van der Waals surface area (Å²) in [6, 6.07) is -0.398. The second-order valence-electron chi connectivity index (χ2n) is 10.6. The van der Waals surface area contributed by atoms with Gasteiger partial charge in [-0.3, -0.25) is 9.59 Å². The number of alkyl halides is 1. The lowest BCUT2D eigenvalue weighted by atomic mass is 9.92. The van der Waals surface area contributed by atoms with Gasteiger partial charge < -0.3 is 19.9 Å². The SMILES string of the molecule is CCN(c1scc(C(=O)NCC2=C(C)C=C(C)CC2=O)c1C)C1CCN(C(=O)OC(C)(C)C)CC1F. The van der Waals surface area contributed by atoms with E-state index in [9.17, 15) is 14.4 Å². The van der Waals surface area contributed by atoms with Crippen molar-refractivity contribution >= 4 is 34.1 Å². The minimum absolute atomic E-state index is 0.0236. The van der Waals surface area contributed by atoms with Crippen molar-refractivity contribution in [1.82, 2.24) is 10.2 Å². The lowest BCUT2D eigenvalue weighted by molar-refractivity contribution is -0.115. The number of carbonyl (C=O) groups excluding carboxylic acids is 3. The molecule has 36 heavy (non-hydrogen) atoms. The van der Waals surface area contributed by atoms with E-state index >= 15 is 4.39 Å². The molecular formula is C27H38FN3O4S. The number of carbonyl (C=O) groups is 3. The average molecular weight is 520 g/mol. The first-order valence-electron chi connectivity index (χ1n) is 12.5. The van der Waals surface area contributed by atoms with Crippen LogP contribution in [-0.2, 0) is 9.53 Å². The number of ketones is 1. The van der Waals surface area contributed by atoms with Gasteiger partial charge in [0, 0.05) is 37.0 Å². The van der Waals surface area contributed by atoms with Gasteiger partial charge in [0.2, 0.25) is 0 Å². The summed E-state index contributed by atoms with van der Waals surface area (Å²) < 4.78 is 20.7.